The molecule has 6 nitrogen and oxygen atoms in total. The summed E-state index contributed by atoms with van der Waals surface area (Å²) in [7, 11) is 1.69. The van der Waals surface area contributed by atoms with Crippen molar-refractivity contribution in [3.8, 4) is 5.75 Å². The lowest BCUT2D eigenvalue weighted by molar-refractivity contribution is 0.102. The molecule has 1 aliphatic rings. The van der Waals surface area contributed by atoms with Gasteiger partial charge in [0.05, 0.1) is 18.5 Å². The smallest absolute Gasteiger partial charge is 0.255 e. The number of ether oxygens (including phenoxy) is 1. The fraction of sp³-hybridized carbons (Fsp3) is 0.222. The minimum Gasteiger partial charge on any atom is -0.497 e. The Morgan fingerprint density at radius 2 is 2.03 bits per heavy atom. The van der Waals surface area contributed by atoms with Crippen LogP contribution in [-0.4, -0.2) is 24.5 Å². The maximum atomic E-state index is 12.7. The molecule has 5 N–H and O–H groups in total. The molecule has 0 bridgehead atoms. The van der Waals surface area contributed by atoms with Crippen LogP contribution in [0.25, 0.3) is 10.9 Å². The van der Waals surface area contributed by atoms with Crippen LogP contribution in [-0.2, 0) is 12.8 Å². The van der Waals surface area contributed by atoms with E-state index in [1.165, 1.54) is 22.1 Å². The number of amides is 1. The predicted octanol–water partition coefficient (Wildman–Crippen LogP) is 4.83. The van der Waals surface area contributed by atoms with Gasteiger partial charge >= 0.3 is 0 Å². The molecule has 1 atom stereocenters. The van der Waals surface area contributed by atoms with Gasteiger partial charge in [0, 0.05) is 28.7 Å². The number of nitrogen functional groups attached to an aromatic ring is 1. The van der Waals surface area contributed by atoms with Gasteiger partial charge in [0.25, 0.3) is 5.91 Å². The number of carbonyl (C=O) groups excluding carboxylic acids is 1. The average molecular weight is 441 g/mol. The third kappa shape index (κ3) is 4.30. The van der Waals surface area contributed by atoms with E-state index in [2.05, 4.69) is 40.0 Å². The Morgan fingerprint density at radius 3 is 2.88 bits per heavy atom. The van der Waals surface area contributed by atoms with E-state index in [1.807, 2.05) is 36.4 Å². The highest BCUT2D eigenvalue weighted by Crippen LogP contribution is 2.32. The zero-order valence-corrected chi connectivity index (χ0v) is 18.7. The molecular formula is C27H28N4O2. The Morgan fingerprint density at radius 1 is 1.15 bits per heavy atom. The zero-order valence-electron chi connectivity index (χ0n) is 18.7. The number of anilines is 2. The summed E-state index contributed by atoms with van der Waals surface area (Å²) < 4.78 is 5.37. The van der Waals surface area contributed by atoms with Crippen molar-refractivity contribution in [1.82, 2.24) is 10.3 Å². The maximum absolute atomic E-state index is 12.7. The highest BCUT2D eigenvalue weighted by Gasteiger charge is 2.23. The van der Waals surface area contributed by atoms with Gasteiger partial charge in [-0.1, -0.05) is 18.2 Å². The molecule has 0 spiro atoms. The Hall–Kier alpha value is -3.77. The molecule has 0 saturated carbocycles. The SMILES string of the molecule is COc1ccc2[nH]cc(CCNC3CCc4cc(C(=O)Nc5ccccc5N)ccc43)c2c1. The zero-order chi connectivity index (χ0) is 22.8. The maximum Gasteiger partial charge on any atom is 0.255 e. The van der Waals surface area contributed by atoms with Crippen molar-refractivity contribution >= 4 is 28.2 Å². The minimum atomic E-state index is -0.137. The number of para-hydroxylation sites is 2. The van der Waals surface area contributed by atoms with E-state index in [4.69, 9.17) is 10.5 Å². The van der Waals surface area contributed by atoms with Crippen molar-refractivity contribution in [1.29, 1.82) is 0 Å². The van der Waals surface area contributed by atoms with Crippen LogP contribution in [0.1, 0.15) is 39.5 Å². The summed E-state index contributed by atoms with van der Waals surface area (Å²) in [4.78, 5) is 16.1. The molecule has 6 heteroatoms. The van der Waals surface area contributed by atoms with E-state index < -0.39 is 0 Å². The van der Waals surface area contributed by atoms with E-state index in [9.17, 15) is 4.79 Å². The molecule has 0 fully saturated rings. The van der Waals surface area contributed by atoms with Crippen molar-refractivity contribution in [3.05, 3.63) is 89.1 Å². The number of fused-ring (bicyclic) bond motifs is 2. The number of aryl methyl sites for hydroxylation is 1. The number of H-pyrrole nitrogens is 1. The molecule has 1 aromatic heterocycles. The molecule has 5 rings (SSSR count). The van der Waals surface area contributed by atoms with E-state index in [1.54, 1.807) is 13.2 Å². The fourth-order valence-corrected chi connectivity index (χ4v) is 4.65. The molecule has 1 aliphatic carbocycles. The van der Waals surface area contributed by atoms with E-state index >= 15 is 0 Å². The summed E-state index contributed by atoms with van der Waals surface area (Å²) in [6.07, 6.45) is 5.01. The first-order valence-corrected chi connectivity index (χ1v) is 11.3. The number of carbonyl (C=O) groups is 1. The lowest BCUT2D eigenvalue weighted by Crippen LogP contribution is -2.22. The van der Waals surface area contributed by atoms with Crippen molar-refractivity contribution in [2.24, 2.45) is 0 Å². The molecule has 1 amide bonds. The van der Waals surface area contributed by atoms with Gasteiger partial charge < -0.3 is 26.1 Å². The molecule has 0 aliphatic heterocycles. The Labute approximate surface area is 193 Å². The summed E-state index contributed by atoms with van der Waals surface area (Å²) in [5.41, 5.74) is 12.7. The molecule has 1 heterocycles. The first kappa shape index (κ1) is 21.1. The number of nitrogens with one attached hydrogen (secondary N) is 3. The Bertz CT molecular complexity index is 1310. The highest BCUT2D eigenvalue weighted by molar-refractivity contribution is 6.05. The number of aromatic amines is 1. The van der Waals surface area contributed by atoms with Gasteiger partial charge in [-0.3, -0.25) is 4.79 Å². The van der Waals surface area contributed by atoms with Crippen molar-refractivity contribution < 1.29 is 9.53 Å². The molecular weight excluding hydrogens is 412 g/mol. The number of methoxy groups -OCH3 is 1. The Balaban J connectivity index is 1.22. The number of nitrogens with two attached hydrogens (primary N) is 1. The fourth-order valence-electron chi connectivity index (χ4n) is 4.65. The molecule has 0 radical (unpaired) electrons. The van der Waals surface area contributed by atoms with Crippen LogP contribution in [0.2, 0.25) is 0 Å². The average Bonchev–Trinajstić information content (AvgIpc) is 3.44. The molecule has 3 aromatic carbocycles. The van der Waals surface area contributed by atoms with Crippen LogP contribution in [0, 0.1) is 0 Å². The third-order valence-corrected chi connectivity index (χ3v) is 6.45. The third-order valence-electron chi connectivity index (χ3n) is 6.45. The van der Waals surface area contributed by atoms with Crippen LogP contribution < -0.4 is 21.1 Å². The monoisotopic (exact) mass is 440 g/mol. The van der Waals surface area contributed by atoms with Gasteiger partial charge in [0.2, 0.25) is 0 Å². The number of hydrogen-bond donors (Lipinski definition) is 4. The van der Waals surface area contributed by atoms with E-state index in [0.29, 0.717) is 23.0 Å². The Kier molecular flexibility index (Phi) is 5.75. The molecule has 168 valence electrons. The van der Waals surface area contributed by atoms with Gasteiger partial charge in [-0.05, 0) is 85.0 Å². The standard InChI is InChI=1S/C27H28N4O2/c1-33-20-8-11-25-22(15-20)19(16-30-25)12-13-29-24-10-7-17-14-18(6-9-21(17)24)27(32)31-26-5-3-2-4-23(26)28/h2-6,8-9,11,14-16,24,29-30H,7,10,12-13,28H2,1H3,(H,31,32). The number of rotatable bonds is 7. The van der Waals surface area contributed by atoms with Crippen molar-refractivity contribution in [2.75, 3.05) is 24.7 Å². The summed E-state index contributed by atoms with van der Waals surface area (Å²) in [6.45, 7) is 0.879. The second-order valence-corrected chi connectivity index (χ2v) is 8.48. The molecule has 0 saturated heterocycles. The van der Waals surface area contributed by atoms with Crippen LogP contribution in [0.4, 0.5) is 11.4 Å². The quantitative estimate of drug-likeness (QED) is 0.310. The van der Waals surface area contributed by atoms with Gasteiger partial charge in [-0.2, -0.15) is 0 Å². The number of benzene rings is 3. The summed E-state index contributed by atoms with van der Waals surface area (Å²) >= 11 is 0. The molecule has 1 unspecified atom stereocenters. The number of hydrogen-bond acceptors (Lipinski definition) is 4. The minimum absolute atomic E-state index is 0.137. The van der Waals surface area contributed by atoms with Gasteiger partial charge in [-0.25, -0.2) is 0 Å². The topological polar surface area (TPSA) is 92.2 Å². The lowest BCUT2D eigenvalue weighted by Gasteiger charge is -2.15. The number of aromatic nitrogens is 1. The summed E-state index contributed by atoms with van der Waals surface area (Å²) in [6, 6.07) is 19.7. The first-order chi connectivity index (χ1) is 16.1. The normalized spacial score (nSPS) is 14.9. The van der Waals surface area contributed by atoms with E-state index in [-0.39, 0.29) is 5.91 Å². The molecule has 33 heavy (non-hydrogen) atoms. The first-order valence-electron chi connectivity index (χ1n) is 11.3. The van der Waals surface area contributed by atoms with Gasteiger partial charge in [-0.15, -0.1) is 0 Å². The second-order valence-electron chi connectivity index (χ2n) is 8.48. The van der Waals surface area contributed by atoms with Crippen molar-refractivity contribution in [3.63, 3.8) is 0 Å². The van der Waals surface area contributed by atoms with Crippen LogP contribution in [0.3, 0.4) is 0 Å². The van der Waals surface area contributed by atoms with Crippen LogP contribution in [0.15, 0.2) is 66.9 Å². The molecule has 4 aromatic rings. The van der Waals surface area contributed by atoms with Gasteiger partial charge in [0.15, 0.2) is 0 Å². The largest absolute Gasteiger partial charge is 0.497 e. The predicted molar refractivity (Wildman–Crippen MR) is 133 cm³/mol. The van der Waals surface area contributed by atoms with Crippen LogP contribution in [0.5, 0.6) is 5.75 Å². The highest BCUT2D eigenvalue weighted by atomic mass is 16.5. The van der Waals surface area contributed by atoms with Crippen molar-refractivity contribution in [2.45, 2.75) is 25.3 Å². The van der Waals surface area contributed by atoms with Gasteiger partial charge in [0.1, 0.15) is 5.75 Å². The summed E-state index contributed by atoms with van der Waals surface area (Å²) in [5.74, 6) is 0.734. The van der Waals surface area contributed by atoms with Crippen LogP contribution >= 0.6 is 0 Å². The lowest BCUT2D eigenvalue weighted by atomic mass is 10.0. The summed E-state index contributed by atoms with van der Waals surface area (Å²) in [5, 5.41) is 7.82. The second kappa shape index (κ2) is 9.00. The van der Waals surface area contributed by atoms with E-state index in [0.717, 1.165) is 37.1 Å².